The van der Waals surface area contributed by atoms with Gasteiger partial charge in [0.05, 0.1) is 11.6 Å². The number of carbonyl (C=O) groups is 3. The van der Waals surface area contributed by atoms with Crippen LogP contribution in [0.3, 0.4) is 0 Å². The van der Waals surface area contributed by atoms with Gasteiger partial charge in [0.1, 0.15) is 28.4 Å². The number of ketones is 2. The maximum absolute atomic E-state index is 13.8. The lowest BCUT2D eigenvalue weighted by atomic mass is 9.58. The summed E-state index contributed by atoms with van der Waals surface area (Å²) in [5, 5.41) is 55.4. The predicted molar refractivity (Wildman–Crippen MR) is 139 cm³/mol. The number of primary amides is 1. The highest BCUT2D eigenvalue weighted by atomic mass is 16.3. The van der Waals surface area contributed by atoms with Crippen molar-refractivity contribution in [2.24, 2.45) is 17.6 Å². The van der Waals surface area contributed by atoms with Crippen molar-refractivity contribution in [3.05, 3.63) is 51.5 Å². The average Bonchev–Trinajstić information content (AvgIpc) is 2.86. The van der Waals surface area contributed by atoms with Crippen LogP contribution in [0.15, 0.2) is 34.8 Å². The normalized spacial score (nSPS) is 29.8. The molecule has 4 aliphatic carbocycles. The molecule has 1 aromatic carbocycles. The molecule has 1 fully saturated rings. The topological polar surface area (TPSA) is 182 Å². The number of rotatable bonds is 2. The van der Waals surface area contributed by atoms with E-state index < -0.39 is 63.6 Å². The Bertz CT molecular complexity index is 1420. The summed E-state index contributed by atoms with van der Waals surface area (Å²) in [5.74, 6) is -0.996. The van der Waals surface area contributed by atoms with Gasteiger partial charge in [-0.2, -0.15) is 0 Å². The van der Waals surface area contributed by atoms with Crippen LogP contribution in [0.5, 0.6) is 5.75 Å². The summed E-state index contributed by atoms with van der Waals surface area (Å²) in [6, 6.07) is 1.83. The standard InChI is InChI=1S/C29H32N2O8/c1-31(2)22-17-13-15-12-16-14(8-11-28(38)9-4-3-5-10-28)6-7-18(32)20(16)23(33)19(15)25(35)29(17,39)26(36)21(24(22)34)27(30)37/h6-7,15,17,22,32,34-35,38-39H,3-5,9-10,12-13H2,1-2H3,(H2,30,37)/t15-,17-,22-,29-/m0/s1. The molecule has 0 aromatic heterocycles. The highest BCUT2D eigenvalue weighted by Crippen LogP contribution is 2.52. The van der Waals surface area contributed by atoms with E-state index >= 15 is 0 Å². The number of allylic oxidation sites excluding steroid dienone is 1. The molecule has 0 bridgehead atoms. The van der Waals surface area contributed by atoms with Gasteiger partial charge < -0.3 is 31.3 Å². The molecule has 10 nitrogen and oxygen atoms in total. The number of aromatic hydroxyl groups is 1. The Morgan fingerprint density at radius 2 is 1.74 bits per heavy atom. The van der Waals surface area contributed by atoms with Crippen LogP contribution in [0.25, 0.3) is 0 Å². The van der Waals surface area contributed by atoms with Crippen molar-refractivity contribution in [1.82, 2.24) is 4.90 Å². The van der Waals surface area contributed by atoms with Crippen molar-refractivity contribution < 1.29 is 39.9 Å². The quantitative estimate of drug-likeness (QED) is 0.239. The molecule has 0 unspecified atom stereocenters. The van der Waals surface area contributed by atoms with Crippen LogP contribution in [-0.2, 0) is 16.0 Å². The van der Waals surface area contributed by atoms with Crippen molar-refractivity contribution in [2.75, 3.05) is 14.1 Å². The number of nitrogens with zero attached hydrogens (tertiary/aromatic N) is 1. The second-order valence-corrected chi connectivity index (χ2v) is 11.3. The molecule has 0 saturated heterocycles. The molecule has 0 spiro atoms. The number of carbonyl (C=O) groups excluding carboxylic acids is 3. The van der Waals surface area contributed by atoms with Gasteiger partial charge in [0, 0.05) is 17.1 Å². The number of hydrogen-bond acceptors (Lipinski definition) is 9. The summed E-state index contributed by atoms with van der Waals surface area (Å²) >= 11 is 0. The zero-order valence-electron chi connectivity index (χ0n) is 21.8. The van der Waals surface area contributed by atoms with E-state index in [1.807, 2.05) is 0 Å². The van der Waals surface area contributed by atoms with Crippen molar-refractivity contribution in [3.63, 3.8) is 0 Å². The van der Waals surface area contributed by atoms with Crippen LogP contribution >= 0.6 is 0 Å². The number of nitrogens with two attached hydrogens (primary N) is 1. The fraction of sp³-hybridized carbons (Fsp3) is 0.483. The van der Waals surface area contributed by atoms with E-state index in [1.54, 1.807) is 20.2 Å². The number of aliphatic hydroxyl groups is 4. The largest absolute Gasteiger partial charge is 0.510 e. The van der Waals surface area contributed by atoms with Crippen molar-refractivity contribution in [2.45, 2.75) is 62.2 Å². The van der Waals surface area contributed by atoms with Crippen LogP contribution in [0.4, 0.5) is 0 Å². The summed E-state index contributed by atoms with van der Waals surface area (Å²) in [4.78, 5) is 40.7. The second kappa shape index (κ2) is 9.23. The molecule has 4 aliphatic rings. The molecule has 1 saturated carbocycles. The lowest BCUT2D eigenvalue weighted by molar-refractivity contribution is -0.148. The zero-order valence-corrected chi connectivity index (χ0v) is 21.8. The van der Waals surface area contributed by atoms with Gasteiger partial charge in [0.15, 0.2) is 11.4 Å². The number of aliphatic hydroxyl groups excluding tert-OH is 2. The molecule has 0 heterocycles. The number of phenols is 1. The van der Waals surface area contributed by atoms with E-state index in [4.69, 9.17) is 5.73 Å². The molecule has 4 atom stereocenters. The minimum Gasteiger partial charge on any atom is -0.510 e. The van der Waals surface area contributed by atoms with Crippen molar-refractivity contribution in [1.29, 1.82) is 0 Å². The lowest BCUT2D eigenvalue weighted by Gasteiger charge is -2.50. The maximum atomic E-state index is 13.8. The third kappa shape index (κ3) is 3.95. The number of fused-ring (bicyclic) bond motifs is 3. The van der Waals surface area contributed by atoms with E-state index in [0.29, 0.717) is 24.0 Å². The Balaban J connectivity index is 1.65. The predicted octanol–water partition coefficient (Wildman–Crippen LogP) is 1.17. The van der Waals surface area contributed by atoms with Crippen molar-refractivity contribution in [3.8, 4) is 17.6 Å². The van der Waals surface area contributed by atoms with Gasteiger partial charge in [0.25, 0.3) is 5.91 Å². The number of benzene rings is 1. The first-order valence-corrected chi connectivity index (χ1v) is 13.1. The first-order valence-electron chi connectivity index (χ1n) is 13.1. The van der Waals surface area contributed by atoms with Gasteiger partial charge in [-0.1, -0.05) is 18.3 Å². The molecular formula is C29H32N2O8. The maximum Gasteiger partial charge on any atom is 0.255 e. The number of hydrogen-bond donors (Lipinski definition) is 6. The Labute approximate surface area is 225 Å². The smallest absolute Gasteiger partial charge is 0.255 e. The number of phenolic OH excluding ortho intramolecular Hbond substituents is 1. The molecule has 0 aliphatic heterocycles. The molecular weight excluding hydrogens is 504 g/mol. The molecule has 10 heteroatoms. The number of likely N-dealkylation sites (N-methyl/N-ethyl adjacent to an activating group) is 1. The Morgan fingerprint density at radius 3 is 2.36 bits per heavy atom. The minimum absolute atomic E-state index is 0.00176. The third-order valence-corrected chi connectivity index (χ3v) is 8.72. The number of Topliss-reactive ketones (excluding diaryl/α,β-unsaturated/α-hetero) is 2. The zero-order chi connectivity index (χ0) is 28.4. The Kier molecular flexibility index (Phi) is 6.37. The molecule has 0 radical (unpaired) electrons. The van der Waals surface area contributed by atoms with Crippen LogP contribution in [0, 0.1) is 23.7 Å². The van der Waals surface area contributed by atoms with Gasteiger partial charge in [-0.05, 0) is 76.2 Å². The monoisotopic (exact) mass is 536 g/mol. The van der Waals surface area contributed by atoms with E-state index in [1.165, 1.54) is 11.0 Å². The summed E-state index contributed by atoms with van der Waals surface area (Å²) in [7, 11) is 3.16. The van der Waals surface area contributed by atoms with E-state index in [2.05, 4.69) is 11.8 Å². The fourth-order valence-corrected chi connectivity index (χ4v) is 6.81. The lowest BCUT2D eigenvalue weighted by Crippen LogP contribution is -2.63. The molecule has 1 aromatic rings. The van der Waals surface area contributed by atoms with Gasteiger partial charge in [-0.3, -0.25) is 19.3 Å². The van der Waals surface area contributed by atoms with Crippen LogP contribution in [0.2, 0.25) is 0 Å². The van der Waals surface area contributed by atoms with E-state index in [0.717, 1.165) is 19.3 Å². The average molecular weight is 537 g/mol. The van der Waals surface area contributed by atoms with E-state index in [9.17, 15) is 39.9 Å². The first-order chi connectivity index (χ1) is 18.3. The third-order valence-electron chi connectivity index (χ3n) is 8.72. The van der Waals surface area contributed by atoms with Gasteiger partial charge in [-0.15, -0.1) is 0 Å². The molecule has 39 heavy (non-hydrogen) atoms. The summed E-state index contributed by atoms with van der Waals surface area (Å²) < 4.78 is 0. The second-order valence-electron chi connectivity index (χ2n) is 11.3. The first kappa shape index (κ1) is 26.9. The van der Waals surface area contributed by atoms with Crippen molar-refractivity contribution >= 4 is 17.5 Å². The highest BCUT2D eigenvalue weighted by molar-refractivity contribution is 6.24. The fourth-order valence-electron chi connectivity index (χ4n) is 6.81. The van der Waals surface area contributed by atoms with Gasteiger partial charge >= 0.3 is 0 Å². The molecule has 1 amide bonds. The Hall–Kier alpha value is -3.65. The molecule has 5 rings (SSSR count). The SMILES string of the molecule is CN(C)[C@@H]1C(O)=C(C(N)=O)C(=O)[C@@]2(O)C(O)=C3C(=O)c4c(O)ccc(C#CC5(O)CCCCC5)c4C[C@H]3C[C@@H]12. The highest BCUT2D eigenvalue weighted by Gasteiger charge is 2.63. The van der Waals surface area contributed by atoms with Crippen LogP contribution in [-0.4, -0.2) is 79.2 Å². The Morgan fingerprint density at radius 1 is 1.08 bits per heavy atom. The summed E-state index contributed by atoms with van der Waals surface area (Å²) in [5.41, 5.74) is 1.28. The minimum atomic E-state index is -2.68. The summed E-state index contributed by atoms with van der Waals surface area (Å²) in [6.45, 7) is 0. The number of amides is 1. The van der Waals surface area contributed by atoms with Gasteiger partial charge in [0.2, 0.25) is 5.78 Å². The van der Waals surface area contributed by atoms with Gasteiger partial charge in [-0.25, -0.2) is 0 Å². The van der Waals surface area contributed by atoms with Crippen LogP contribution < -0.4 is 5.73 Å². The molecule has 206 valence electrons. The molecule has 7 N–H and O–H groups in total. The van der Waals surface area contributed by atoms with E-state index in [-0.39, 0.29) is 29.7 Å². The van der Waals surface area contributed by atoms with Crippen LogP contribution in [0.1, 0.15) is 60.0 Å². The summed E-state index contributed by atoms with van der Waals surface area (Å²) in [6.07, 6.45) is 4.00.